The van der Waals surface area contributed by atoms with E-state index in [0.29, 0.717) is 6.54 Å². The molecular formula is C13H27N3O2. The van der Waals surface area contributed by atoms with Crippen molar-refractivity contribution < 1.29 is 9.53 Å². The van der Waals surface area contributed by atoms with Crippen LogP contribution >= 0.6 is 0 Å². The quantitative estimate of drug-likeness (QED) is 0.738. The second-order valence-electron chi connectivity index (χ2n) is 5.72. The standard InChI is InChI=1S/C13H27N3O2/c1-10(2)11(14)12(17)15-9-13(16(3)4)5-7-18-8-6-13/h10-11H,5-9,14H2,1-4H3,(H,15,17)/t11-/m0/s1. The molecule has 3 N–H and O–H groups in total. The molecule has 0 aromatic rings. The molecule has 0 aromatic carbocycles. The molecule has 1 aliphatic rings. The van der Waals surface area contributed by atoms with Crippen LogP contribution in [0.15, 0.2) is 0 Å². The number of rotatable bonds is 5. The minimum absolute atomic E-state index is 0.00457. The van der Waals surface area contributed by atoms with Crippen LogP contribution in [0.1, 0.15) is 26.7 Å². The van der Waals surface area contributed by atoms with Crippen LogP contribution in [0.25, 0.3) is 0 Å². The van der Waals surface area contributed by atoms with E-state index in [1.165, 1.54) is 0 Å². The molecule has 1 aliphatic heterocycles. The highest BCUT2D eigenvalue weighted by molar-refractivity contribution is 5.81. The minimum Gasteiger partial charge on any atom is -0.381 e. The van der Waals surface area contributed by atoms with Gasteiger partial charge in [-0.2, -0.15) is 0 Å². The molecule has 1 fully saturated rings. The lowest BCUT2D eigenvalue weighted by atomic mass is 9.88. The maximum atomic E-state index is 11.9. The Morgan fingerprint density at radius 1 is 1.39 bits per heavy atom. The first kappa shape index (κ1) is 15.4. The van der Waals surface area contributed by atoms with E-state index in [0.717, 1.165) is 26.1 Å². The fourth-order valence-corrected chi connectivity index (χ4v) is 2.21. The lowest BCUT2D eigenvalue weighted by molar-refractivity contribution is -0.124. The molecule has 0 saturated carbocycles. The number of nitrogens with zero attached hydrogens (tertiary/aromatic N) is 1. The zero-order chi connectivity index (χ0) is 13.8. The molecule has 1 rings (SSSR count). The van der Waals surface area contributed by atoms with Gasteiger partial charge >= 0.3 is 0 Å². The van der Waals surface area contributed by atoms with Gasteiger partial charge in [-0.15, -0.1) is 0 Å². The SMILES string of the molecule is CC(C)[C@H](N)C(=O)NCC1(N(C)C)CCOCC1. The maximum Gasteiger partial charge on any atom is 0.237 e. The fourth-order valence-electron chi connectivity index (χ4n) is 2.21. The Kier molecular flexibility index (Phi) is 5.56. The first-order valence-corrected chi connectivity index (χ1v) is 6.67. The smallest absolute Gasteiger partial charge is 0.237 e. The van der Waals surface area contributed by atoms with Crippen LogP contribution in [-0.4, -0.2) is 56.2 Å². The van der Waals surface area contributed by atoms with Crippen molar-refractivity contribution in [1.82, 2.24) is 10.2 Å². The molecule has 1 saturated heterocycles. The average molecular weight is 257 g/mol. The Balaban J connectivity index is 2.55. The van der Waals surface area contributed by atoms with Gasteiger partial charge in [-0.3, -0.25) is 4.79 Å². The van der Waals surface area contributed by atoms with E-state index in [1.54, 1.807) is 0 Å². The number of likely N-dealkylation sites (N-methyl/N-ethyl adjacent to an activating group) is 1. The monoisotopic (exact) mass is 257 g/mol. The van der Waals surface area contributed by atoms with E-state index < -0.39 is 6.04 Å². The first-order valence-electron chi connectivity index (χ1n) is 6.67. The molecule has 1 atom stereocenters. The third kappa shape index (κ3) is 3.67. The highest BCUT2D eigenvalue weighted by atomic mass is 16.5. The highest BCUT2D eigenvalue weighted by Crippen LogP contribution is 2.25. The van der Waals surface area contributed by atoms with E-state index in [4.69, 9.17) is 10.5 Å². The molecular weight excluding hydrogens is 230 g/mol. The van der Waals surface area contributed by atoms with Gasteiger partial charge in [-0.25, -0.2) is 0 Å². The summed E-state index contributed by atoms with van der Waals surface area (Å²) < 4.78 is 5.40. The summed E-state index contributed by atoms with van der Waals surface area (Å²) in [4.78, 5) is 14.1. The number of amides is 1. The van der Waals surface area contributed by atoms with Crippen LogP contribution in [0, 0.1) is 5.92 Å². The molecule has 1 heterocycles. The van der Waals surface area contributed by atoms with Crippen molar-refractivity contribution in [3.05, 3.63) is 0 Å². The summed E-state index contributed by atoms with van der Waals surface area (Å²) in [6, 6.07) is -0.427. The van der Waals surface area contributed by atoms with Gasteiger partial charge in [0.1, 0.15) is 0 Å². The van der Waals surface area contributed by atoms with Gasteiger partial charge < -0.3 is 20.7 Å². The lowest BCUT2D eigenvalue weighted by Gasteiger charge is -2.43. The third-order valence-electron chi connectivity index (χ3n) is 3.98. The van der Waals surface area contributed by atoms with Crippen molar-refractivity contribution in [2.75, 3.05) is 33.9 Å². The predicted octanol–water partition coefficient (Wildman–Crippen LogP) is 0.197. The zero-order valence-electron chi connectivity index (χ0n) is 12.0. The molecule has 0 aromatic heterocycles. The number of carbonyl (C=O) groups excluding carboxylic acids is 1. The summed E-state index contributed by atoms with van der Waals surface area (Å²) in [6.07, 6.45) is 1.88. The number of nitrogens with one attached hydrogen (secondary N) is 1. The second-order valence-corrected chi connectivity index (χ2v) is 5.72. The molecule has 0 bridgehead atoms. The van der Waals surface area contributed by atoms with Gasteiger partial charge in [0.05, 0.1) is 6.04 Å². The molecule has 0 unspecified atom stereocenters. The Morgan fingerprint density at radius 3 is 2.39 bits per heavy atom. The van der Waals surface area contributed by atoms with Gasteiger partial charge in [0.15, 0.2) is 0 Å². The summed E-state index contributed by atoms with van der Waals surface area (Å²) in [5, 5.41) is 2.99. The fraction of sp³-hybridized carbons (Fsp3) is 0.923. The van der Waals surface area contributed by atoms with Gasteiger partial charge in [0.25, 0.3) is 0 Å². The summed E-state index contributed by atoms with van der Waals surface area (Å²) in [7, 11) is 4.11. The van der Waals surface area contributed by atoms with Crippen LogP contribution in [0.5, 0.6) is 0 Å². The van der Waals surface area contributed by atoms with Gasteiger partial charge in [0.2, 0.25) is 5.91 Å². The number of hydrogen-bond donors (Lipinski definition) is 2. The molecule has 5 nitrogen and oxygen atoms in total. The van der Waals surface area contributed by atoms with Crippen LogP contribution in [-0.2, 0) is 9.53 Å². The van der Waals surface area contributed by atoms with Crippen molar-refractivity contribution in [2.45, 2.75) is 38.3 Å². The molecule has 0 spiro atoms. The van der Waals surface area contributed by atoms with Gasteiger partial charge in [-0.1, -0.05) is 13.8 Å². The lowest BCUT2D eigenvalue weighted by Crippen LogP contribution is -2.57. The van der Waals surface area contributed by atoms with Crippen LogP contribution < -0.4 is 11.1 Å². The zero-order valence-corrected chi connectivity index (χ0v) is 12.0. The third-order valence-corrected chi connectivity index (χ3v) is 3.98. The number of nitrogens with two attached hydrogens (primary N) is 1. The van der Waals surface area contributed by atoms with E-state index in [-0.39, 0.29) is 17.4 Å². The van der Waals surface area contributed by atoms with Gasteiger partial charge in [-0.05, 0) is 32.9 Å². The molecule has 0 radical (unpaired) electrons. The summed E-state index contributed by atoms with van der Waals surface area (Å²) in [5.74, 6) is 0.104. The molecule has 5 heteroatoms. The van der Waals surface area contributed by atoms with E-state index in [9.17, 15) is 4.79 Å². The van der Waals surface area contributed by atoms with Crippen LogP contribution in [0.3, 0.4) is 0 Å². The largest absolute Gasteiger partial charge is 0.381 e. The number of hydrogen-bond acceptors (Lipinski definition) is 4. The highest BCUT2D eigenvalue weighted by Gasteiger charge is 2.35. The van der Waals surface area contributed by atoms with Gasteiger partial charge in [0, 0.05) is 25.3 Å². The normalized spacial score (nSPS) is 21.1. The Labute approximate surface area is 110 Å². The van der Waals surface area contributed by atoms with Crippen molar-refractivity contribution in [2.24, 2.45) is 11.7 Å². The summed E-state index contributed by atoms with van der Waals surface area (Å²) >= 11 is 0. The van der Waals surface area contributed by atoms with Crippen molar-refractivity contribution >= 4 is 5.91 Å². The molecule has 1 amide bonds. The van der Waals surface area contributed by atoms with Crippen molar-refractivity contribution in [3.63, 3.8) is 0 Å². The second kappa shape index (κ2) is 6.50. The Bertz CT molecular complexity index is 273. The van der Waals surface area contributed by atoms with E-state index in [1.807, 2.05) is 13.8 Å². The Hall–Kier alpha value is -0.650. The summed E-state index contributed by atoms with van der Waals surface area (Å²) in [6.45, 7) is 6.07. The number of carbonyl (C=O) groups is 1. The van der Waals surface area contributed by atoms with E-state index in [2.05, 4.69) is 24.3 Å². The first-order chi connectivity index (χ1) is 8.39. The minimum atomic E-state index is -0.427. The van der Waals surface area contributed by atoms with E-state index >= 15 is 0 Å². The maximum absolute atomic E-state index is 11.9. The van der Waals surface area contributed by atoms with Crippen LogP contribution in [0.4, 0.5) is 0 Å². The van der Waals surface area contributed by atoms with Crippen molar-refractivity contribution in [3.8, 4) is 0 Å². The topological polar surface area (TPSA) is 67.6 Å². The summed E-state index contributed by atoms with van der Waals surface area (Å²) in [5.41, 5.74) is 5.85. The predicted molar refractivity (Wildman–Crippen MR) is 72.3 cm³/mol. The van der Waals surface area contributed by atoms with Crippen LogP contribution in [0.2, 0.25) is 0 Å². The molecule has 18 heavy (non-hydrogen) atoms. The Morgan fingerprint density at radius 2 is 1.94 bits per heavy atom. The average Bonchev–Trinajstić information content (AvgIpc) is 2.35. The molecule has 0 aliphatic carbocycles. The molecule has 106 valence electrons. The van der Waals surface area contributed by atoms with Crippen molar-refractivity contribution in [1.29, 1.82) is 0 Å². The number of ether oxygens (including phenoxy) is 1.